The van der Waals surface area contributed by atoms with E-state index in [1.54, 1.807) is 5.32 Å². The molecule has 1 N–H and O–H groups in total. The second-order valence-corrected chi connectivity index (χ2v) is 5.10. The normalized spacial score (nSPS) is 12.0. The number of anilines is 1. The third kappa shape index (κ3) is 6.45. The summed E-state index contributed by atoms with van der Waals surface area (Å²) in [4.78, 5) is 23.4. The van der Waals surface area contributed by atoms with Gasteiger partial charge >= 0.3 is 18.3 Å². The van der Waals surface area contributed by atoms with Crippen molar-refractivity contribution in [3.05, 3.63) is 29.8 Å². The van der Waals surface area contributed by atoms with Crippen molar-refractivity contribution < 1.29 is 35.9 Å². The Morgan fingerprint density at radius 1 is 1.12 bits per heavy atom. The number of alkyl halides is 7. The molecule has 0 spiro atoms. The molecule has 0 fully saturated rings. The molecule has 4 nitrogen and oxygen atoms in total. The van der Waals surface area contributed by atoms with Crippen molar-refractivity contribution in [3.8, 4) is 0 Å². The SMILES string of the molecule is O=C(CCl)N(CCCNC(=O)C(F)(F)F)c1cccc(C(F)(F)F)c1. The second-order valence-electron chi connectivity index (χ2n) is 4.83. The van der Waals surface area contributed by atoms with E-state index in [0.717, 1.165) is 23.1 Å². The van der Waals surface area contributed by atoms with E-state index in [2.05, 4.69) is 0 Å². The predicted molar refractivity (Wildman–Crippen MR) is 78.2 cm³/mol. The van der Waals surface area contributed by atoms with Crippen LogP contribution in [0.25, 0.3) is 0 Å². The van der Waals surface area contributed by atoms with Gasteiger partial charge in [0.15, 0.2) is 0 Å². The predicted octanol–water partition coefficient (Wildman–Crippen LogP) is 3.35. The van der Waals surface area contributed by atoms with E-state index >= 15 is 0 Å². The molecule has 0 heterocycles. The van der Waals surface area contributed by atoms with Crippen LogP contribution in [0.2, 0.25) is 0 Å². The molecule has 0 saturated heterocycles. The zero-order valence-electron chi connectivity index (χ0n) is 12.5. The molecule has 0 radical (unpaired) electrons. The fourth-order valence-electron chi connectivity index (χ4n) is 1.86. The highest BCUT2D eigenvalue weighted by Crippen LogP contribution is 2.31. The molecule has 1 rings (SSSR count). The number of halogens is 7. The number of rotatable bonds is 6. The third-order valence-electron chi connectivity index (χ3n) is 3.00. The van der Waals surface area contributed by atoms with Gasteiger partial charge in [0.25, 0.3) is 0 Å². The number of benzene rings is 1. The van der Waals surface area contributed by atoms with Gasteiger partial charge in [-0.3, -0.25) is 9.59 Å². The Hall–Kier alpha value is -1.97. The average molecular weight is 391 g/mol. The molecule has 11 heteroatoms. The number of amides is 2. The summed E-state index contributed by atoms with van der Waals surface area (Å²) in [6, 6.07) is 3.89. The van der Waals surface area contributed by atoms with Crippen LogP contribution >= 0.6 is 11.6 Å². The lowest BCUT2D eigenvalue weighted by molar-refractivity contribution is -0.173. The Labute approximate surface area is 143 Å². The van der Waals surface area contributed by atoms with Gasteiger partial charge in [0.1, 0.15) is 5.88 Å². The molecule has 0 aromatic heterocycles. The van der Waals surface area contributed by atoms with Crippen LogP contribution in [0, 0.1) is 0 Å². The summed E-state index contributed by atoms with van der Waals surface area (Å²) in [5.41, 5.74) is -1.08. The fourth-order valence-corrected chi connectivity index (χ4v) is 2.00. The van der Waals surface area contributed by atoms with Gasteiger partial charge in [0.05, 0.1) is 5.56 Å². The van der Waals surface area contributed by atoms with E-state index in [4.69, 9.17) is 11.6 Å². The summed E-state index contributed by atoms with van der Waals surface area (Å²) < 4.78 is 74.3. The number of nitrogens with zero attached hydrogens (tertiary/aromatic N) is 1. The summed E-state index contributed by atoms with van der Waals surface area (Å²) in [6.45, 7) is -0.631. The van der Waals surface area contributed by atoms with Gasteiger partial charge in [-0.1, -0.05) is 6.07 Å². The molecule has 140 valence electrons. The quantitative estimate of drug-likeness (QED) is 0.460. The third-order valence-corrected chi connectivity index (χ3v) is 3.23. The lowest BCUT2D eigenvalue weighted by Crippen LogP contribution is -2.39. The van der Waals surface area contributed by atoms with Gasteiger partial charge < -0.3 is 10.2 Å². The largest absolute Gasteiger partial charge is 0.471 e. The number of hydrogen-bond acceptors (Lipinski definition) is 2. The van der Waals surface area contributed by atoms with Crippen molar-refractivity contribution in [2.75, 3.05) is 23.9 Å². The molecule has 0 bridgehead atoms. The smallest absolute Gasteiger partial charge is 0.348 e. The second kappa shape index (κ2) is 8.41. The minimum atomic E-state index is -5.04. The van der Waals surface area contributed by atoms with E-state index in [9.17, 15) is 35.9 Å². The first-order chi connectivity index (χ1) is 11.5. The molecule has 0 atom stereocenters. The van der Waals surface area contributed by atoms with E-state index in [1.807, 2.05) is 0 Å². The summed E-state index contributed by atoms with van der Waals surface area (Å²) >= 11 is 5.42. The highest BCUT2D eigenvalue weighted by Gasteiger charge is 2.38. The molecular weight excluding hydrogens is 378 g/mol. The Kier molecular flexibility index (Phi) is 7.09. The van der Waals surface area contributed by atoms with Crippen molar-refractivity contribution in [1.29, 1.82) is 0 Å². The number of nitrogens with one attached hydrogen (secondary N) is 1. The van der Waals surface area contributed by atoms with Gasteiger partial charge in [-0.2, -0.15) is 26.3 Å². The minimum absolute atomic E-state index is 0.0948. The van der Waals surface area contributed by atoms with Crippen molar-refractivity contribution in [2.45, 2.75) is 18.8 Å². The highest BCUT2D eigenvalue weighted by molar-refractivity contribution is 6.29. The number of carbonyl (C=O) groups excluding carboxylic acids is 2. The standard InChI is InChI=1S/C14H13ClF6N2O2/c15-8-11(24)23(6-2-5-22-12(25)14(19,20)21)10-4-1-3-9(7-10)13(16,17)18/h1,3-4,7H,2,5-6,8H2,(H,22,25). The van der Waals surface area contributed by atoms with Crippen molar-refractivity contribution in [3.63, 3.8) is 0 Å². The molecular formula is C14H13ClF6N2O2. The Morgan fingerprint density at radius 2 is 1.76 bits per heavy atom. The molecule has 0 saturated carbocycles. The van der Waals surface area contributed by atoms with Gasteiger partial charge in [0.2, 0.25) is 5.91 Å². The zero-order chi connectivity index (χ0) is 19.3. The maximum atomic E-state index is 12.7. The Morgan fingerprint density at radius 3 is 2.28 bits per heavy atom. The molecule has 0 unspecified atom stereocenters. The first-order valence-corrected chi connectivity index (χ1v) is 7.39. The molecule has 1 aromatic rings. The maximum Gasteiger partial charge on any atom is 0.471 e. The van der Waals surface area contributed by atoms with Crippen LogP contribution in [0.5, 0.6) is 0 Å². The van der Waals surface area contributed by atoms with Gasteiger partial charge in [-0.15, -0.1) is 11.6 Å². The average Bonchev–Trinajstić information content (AvgIpc) is 2.52. The minimum Gasteiger partial charge on any atom is -0.348 e. The lowest BCUT2D eigenvalue weighted by atomic mass is 10.1. The van der Waals surface area contributed by atoms with Gasteiger partial charge in [-0.05, 0) is 24.6 Å². The van der Waals surface area contributed by atoms with Crippen LogP contribution in [0.1, 0.15) is 12.0 Å². The van der Waals surface area contributed by atoms with Crippen LogP contribution in [-0.2, 0) is 15.8 Å². The molecule has 1 aromatic carbocycles. The van der Waals surface area contributed by atoms with Crippen molar-refractivity contribution in [2.24, 2.45) is 0 Å². The van der Waals surface area contributed by atoms with E-state index in [-0.39, 0.29) is 18.7 Å². The Bertz CT molecular complexity index is 618. The fraction of sp³-hybridized carbons (Fsp3) is 0.429. The maximum absolute atomic E-state index is 12.7. The van der Waals surface area contributed by atoms with Gasteiger partial charge in [-0.25, -0.2) is 0 Å². The summed E-state index contributed by atoms with van der Waals surface area (Å²) in [7, 11) is 0. The first kappa shape index (κ1) is 21.1. The van der Waals surface area contributed by atoms with Crippen LogP contribution in [-0.4, -0.2) is 37.0 Å². The zero-order valence-corrected chi connectivity index (χ0v) is 13.3. The summed E-state index contributed by atoms with van der Waals surface area (Å²) in [6.07, 6.45) is -9.76. The van der Waals surface area contributed by atoms with Gasteiger partial charge in [0, 0.05) is 18.8 Å². The topological polar surface area (TPSA) is 49.4 Å². The van der Waals surface area contributed by atoms with Crippen LogP contribution in [0.15, 0.2) is 24.3 Å². The molecule has 0 aliphatic rings. The van der Waals surface area contributed by atoms with E-state index < -0.39 is 42.2 Å². The number of hydrogen-bond donors (Lipinski definition) is 1. The van der Waals surface area contributed by atoms with Crippen LogP contribution in [0.3, 0.4) is 0 Å². The number of carbonyl (C=O) groups is 2. The van der Waals surface area contributed by atoms with Crippen LogP contribution < -0.4 is 10.2 Å². The first-order valence-electron chi connectivity index (χ1n) is 6.85. The molecule has 0 aliphatic carbocycles. The Balaban J connectivity index is 2.80. The lowest BCUT2D eigenvalue weighted by Gasteiger charge is -2.23. The monoisotopic (exact) mass is 390 g/mol. The summed E-state index contributed by atoms with van der Waals surface area (Å²) in [5.74, 6) is -3.38. The molecule has 25 heavy (non-hydrogen) atoms. The molecule has 0 aliphatic heterocycles. The van der Waals surface area contributed by atoms with E-state index in [1.165, 1.54) is 6.07 Å². The van der Waals surface area contributed by atoms with Crippen molar-refractivity contribution >= 4 is 29.1 Å². The highest BCUT2D eigenvalue weighted by atomic mass is 35.5. The molecule has 2 amide bonds. The van der Waals surface area contributed by atoms with Crippen LogP contribution in [0.4, 0.5) is 32.0 Å². The van der Waals surface area contributed by atoms with E-state index in [0.29, 0.717) is 0 Å². The summed E-state index contributed by atoms with van der Waals surface area (Å²) in [5, 5.41) is 1.61. The van der Waals surface area contributed by atoms with Crippen molar-refractivity contribution in [1.82, 2.24) is 5.32 Å².